The number of rotatable bonds is 12. The summed E-state index contributed by atoms with van der Waals surface area (Å²) in [6, 6.07) is 21.3. The maximum absolute atomic E-state index is 11.9. The fourth-order valence-electron chi connectivity index (χ4n) is 5.19. The number of ether oxygens (including phenoxy) is 3. The molecular formula is C32H38O5. The van der Waals surface area contributed by atoms with E-state index in [2.05, 4.69) is 0 Å². The molecule has 1 aliphatic rings. The third-order valence-electron chi connectivity index (χ3n) is 7.29. The van der Waals surface area contributed by atoms with Crippen LogP contribution in [0.25, 0.3) is 11.1 Å². The molecule has 0 saturated heterocycles. The summed E-state index contributed by atoms with van der Waals surface area (Å²) in [5, 5.41) is 9.74. The van der Waals surface area contributed by atoms with E-state index in [4.69, 9.17) is 14.2 Å². The van der Waals surface area contributed by atoms with Gasteiger partial charge in [0.25, 0.3) is 0 Å². The van der Waals surface area contributed by atoms with Crippen molar-refractivity contribution in [1.82, 2.24) is 0 Å². The molecule has 0 spiro atoms. The Morgan fingerprint density at radius 2 is 1.65 bits per heavy atom. The number of carbonyl (C=O) groups is 1. The van der Waals surface area contributed by atoms with Gasteiger partial charge in [-0.15, -0.1) is 0 Å². The Balaban J connectivity index is 1.41. The molecule has 0 amide bonds. The van der Waals surface area contributed by atoms with E-state index in [1.54, 1.807) is 13.2 Å². The van der Waals surface area contributed by atoms with Crippen LogP contribution < -0.4 is 4.74 Å². The molecule has 37 heavy (non-hydrogen) atoms. The molecule has 1 saturated carbocycles. The molecule has 5 heteroatoms. The van der Waals surface area contributed by atoms with E-state index in [0.29, 0.717) is 31.3 Å². The molecule has 3 aromatic carbocycles. The molecule has 4 rings (SSSR count). The standard InChI is InChI=1S/C32H38O5/c1-23-8-6-7-11-29(23)31-19-26(14-17-30(31)32(33)34)20-36-22-28(18-24-9-4-3-5-10-24)37-21-25-12-15-27(35-2)16-13-25/h6-8,11-17,19,24,28H,3-5,9-10,18,20-22H2,1-2H3,(H,33,34). The molecule has 0 aromatic heterocycles. The lowest BCUT2D eigenvalue weighted by Gasteiger charge is -2.27. The van der Waals surface area contributed by atoms with Crippen LogP contribution in [0.4, 0.5) is 0 Å². The number of hydrogen-bond acceptors (Lipinski definition) is 4. The monoisotopic (exact) mass is 502 g/mol. The Morgan fingerprint density at radius 1 is 0.919 bits per heavy atom. The molecular weight excluding hydrogens is 464 g/mol. The van der Waals surface area contributed by atoms with Gasteiger partial charge in [0, 0.05) is 0 Å². The first kappa shape index (κ1) is 26.9. The van der Waals surface area contributed by atoms with Crippen LogP contribution in [-0.4, -0.2) is 30.9 Å². The molecule has 0 bridgehead atoms. The largest absolute Gasteiger partial charge is 0.497 e. The number of carboxylic acids is 1. The van der Waals surface area contributed by atoms with E-state index in [9.17, 15) is 9.90 Å². The average molecular weight is 503 g/mol. The maximum atomic E-state index is 11.9. The number of aromatic carboxylic acids is 1. The van der Waals surface area contributed by atoms with Crippen LogP contribution in [0.2, 0.25) is 0 Å². The van der Waals surface area contributed by atoms with Gasteiger partial charge in [0.1, 0.15) is 5.75 Å². The number of hydrogen-bond donors (Lipinski definition) is 1. The van der Waals surface area contributed by atoms with Crippen molar-refractivity contribution in [1.29, 1.82) is 0 Å². The van der Waals surface area contributed by atoms with Crippen LogP contribution in [0.1, 0.15) is 65.6 Å². The average Bonchev–Trinajstić information content (AvgIpc) is 2.92. The van der Waals surface area contributed by atoms with Crippen LogP contribution >= 0.6 is 0 Å². The zero-order valence-corrected chi connectivity index (χ0v) is 21.9. The Kier molecular flexibility index (Phi) is 9.75. The fraction of sp³-hybridized carbons (Fsp3) is 0.406. The summed E-state index contributed by atoms with van der Waals surface area (Å²) >= 11 is 0. The number of benzene rings is 3. The second-order valence-corrected chi connectivity index (χ2v) is 10.0. The van der Waals surface area contributed by atoms with Crippen molar-refractivity contribution < 1.29 is 24.1 Å². The fourth-order valence-corrected chi connectivity index (χ4v) is 5.19. The molecule has 1 unspecified atom stereocenters. The van der Waals surface area contributed by atoms with E-state index < -0.39 is 5.97 Å². The molecule has 5 nitrogen and oxygen atoms in total. The van der Waals surface area contributed by atoms with Crippen LogP contribution in [0.15, 0.2) is 66.7 Å². The van der Waals surface area contributed by atoms with Crippen LogP contribution in [0.5, 0.6) is 5.75 Å². The predicted molar refractivity (Wildman–Crippen MR) is 146 cm³/mol. The molecule has 1 aliphatic carbocycles. The third kappa shape index (κ3) is 7.67. The lowest BCUT2D eigenvalue weighted by molar-refractivity contribution is -0.0424. The second kappa shape index (κ2) is 13.4. The third-order valence-corrected chi connectivity index (χ3v) is 7.29. The predicted octanol–water partition coefficient (Wildman–Crippen LogP) is 7.44. The molecule has 0 heterocycles. The van der Waals surface area contributed by atoms with Crippen LogP contribution in [0, 0.1) is 12.8 Å². The van der Waals surface area contributed by atoms with Crippen molar-refractivity contribution in [2.24, 2.45) is 5.92 Å². The van der Waals surface area contributed by atoms with Crippen LogP contribution in [0.3, 0.4) is 0 Å². The van der Waals surface area contributed by atoms with Crippen molar-refractivity contribution in [2.45, 2.75) is 64.8 Å². The summed E-state index contributed by atoms with van der Waals surface area (Å²) in [7, 11) is 1.67. The number of aryl methyl sites for hydroxylation is 1. The minimum atomic E-state index is -0.926. The molecule has 196 valence electrons. The highest BCUT2D eigenvalue weighted by molar-refractivity contribution is 5.96. The summed E-state index contributed by atoms with van der Waals surface area (Å²) in [6.07, 6.45) is 7.47. The van der Waals surface area contributed by atoms with Gasteiger partial charge in [-0.05, 0) is 71.3 Å². The van der Waals surface area contributed by atoms with Crippen LogP contribution in [-0.2, 0) is 22.7 Å². The normalized spacial score (nSPS) is 14.9. The van der Waals surface area contributed by atoms with Crippen molar-refractivity contribution in [3.8, 4) is 16.9 Å². The highest BCUT2D eigenvalue weighted by Gasteiger charge is 2.20. The molecule has 0 radical (unpaired) electrons. The van der Waals surface area contributed by atoms with E-state index in [1.807, 2.05) is 67.6 Å². The van der Waals surface area contributed by atoms with Gasteiger partial charge in [-0.25, -0.2) is 4.79 Å². The smallest absolute Gasteiger partial charge is 0.336 e. The molecule has 1 atom stereocenters. The van der Waals surface area contributed by atoms with E-state index >= 15 is 0 Å². The Morgan fingerprint density at radius 3 is 2.35 bits per heavy atom. The van der Waals surface area contributed by atoms with Gasteiger partial charge in [0.15, 0.2) is 0 Å². The number of carboxylic acid groups (broad SMARTS) is 1. The minimum Gasteiger partial charge on any atom is -0.497 e. The first-order valence-corrected chi connectivity index (χ1v) is 13.3. The van der Waals surface area contributed by atoms with Gasteiger partial charge < -0.3 is 19.3 Å². The van der Waals surface area contributed by atoms with Gasteiger partial charge in [-0.3, -0.25) is 0 Å². The summed E-state index contributed by atoms with van der Waals surface area (Å²) in [5.74, 6) is 0.593. The number of methoxy groups -OCH3 is 1. The lowest BCUT2D eigenvalue weighted by Crippen LogP contribution is -2.24. The molecule has 3 aromatic rings. The molecule has 1 fully saturated rings. The SMILES string of the molecule is COc1ccc(COC(COCc2ccc(C(=O)O)c(-c3ccccc3C)c2)CC2CCCCC2)cc1. The summed E-state index contributed by atoms with van der Waals surface area (Å²) in [4.78, 5) is 11.9. The first-order valence-electron chi connectivity index (χ1n) is 13.3. The van der Waals surface area contributed by atoms with Crippen molar-refractivity contribution in [3.05, 3.63) is 89.0 Å². The topological polar surface area (TPSA) is 65.0 Å². The Hall–Kier alpha value is -3.15. The highest BCUT2D eigenvalue weighted by Crippen LogP contribution is 2.30. The van der Waals surface area contributed by atoms with Crippen molar-refractivity contribution in [3.63, 3.8) is 0 Å². The Labute approximate surface area is 220 Å². The van der Waals surface area contributed by atoms with Gasteiger partial charge in [-0.1, -0.05) is 74.6 Å². The van der Waals surface area contributed by atoms with Gasteiger partial charge in [-0.2, -0.15) is 0 Å². The Bertz CT molecular complexity index is 1150. The van der Waals surface area contributed by atoms with E-state index in [1.165, 1.54) is 32.1 Å². The van der Waals surface area contributed by atoms with Gasteiger partial charge in [0.05, 0.1) is 38.6 Å². The highest BCUT2D eigenvalue weighted by atomic mass is 16.5. The van der Waals surface area contributed by atoms with Gasteiger partial charge >= 0.3 is 5.97 Å². The van der Waals surface area contributed by atoms with E-state index in [-0.39, 0.29) is 6.10 Å². The summed E-state index contributed by atoms with van der Waals surface area (Å²) in [5.41, 5.74) is 5.07. The zero-order valence-electron chi connectivity index (χ0n) is 21.9. The van der Waals surface area contributed by atoms with E-state index in [0.717, 1.165) is 40.0 Å². The van der Waals surface area contributed by atoms with Crippen molar-refractivity contribution in [2.75, 3.05) is 13.7 Å². The molecule has 1 N–H and O–H groups in total. The van der Waals surface area contributed by atoms with Gasteiger partial charge in [0.2, 0.25) is 0 Å². The lowest BCUT2D eigenvalue weighted by atomic mass is 9.85. The van der Waals surface area contributed by atoms with Crippen molar-refractivity contribution >= 4 is 5.97 Å². The minimum absolute atomic E-state index is 0.0133. The zero-order chi connectivity index (χ0) is 26.0. The molecule has 0 aliphatic heterocycles. The summed E-state index contributed by atoms with van der Waals surface area (Å²) < 4.78 is 17.8. The maximum Gasteiger partial charge on any atom is 0.336 e. The quantitative estimate of drug-likeness (QED) is 0.279. The first-order chi connectivity index (χ1) is 18.0. The summed E-state index contributed by atoms with van der Waals surface area (Å²) in [6.45, 7) is 3.45. The second-order valence-electron chi connectivity index (χ2n) is 10.0.